The lowest BCUT2D eigenvalue weighted by molar-refractivity contribution is -0.121. The maximum Gasteiger partial charge on any atom is 0.230 e. The molecule has 3 heterocycles. The Morgan fingerprint density at radius 3 is 2.47 bits per heavy atom. The zero-order valence-electron chi connectivity index (χ0n) is 16.1. The smallest absolute Gasteiger partial charge is 0.230 e. The van der Waals surface area contributed by atoms with Gasteiger partial charge in [0.1, 0.15) is 11.6 Å². The Morgan fingerprint density at radius 2 is 1.70 bits per heavy atom. The molecule has 2 saturated heterocycles. The zero-order chi connectivity index (χ0) is 20.7. The van der Waals surface area contributed by atoms with Gasteiger partial charge >= 0.3 is 0 Å². The van der Waals surface area contributed by atoms with Crippen molar-refractivity contribution in [1.29, 1.82) is 0 Å². The summed E-state index contributed by atoms with van der Waals surface area (Å²) >= 11 is 0. The Labute approximate surface area is 172 Å². The number of pyridine rings is 1. The van der Waals surface area contributed by atoms with Crippen LogP contribution in [-0.4, -0.2) is 23.1 Å². The monoisotopic (exact) mass is 406 g/mol. The Morgan fingerprint density at radius 1 is 0.933 bits per heavy atom. The van der Waals surface area contributed by atoms with Crippen molar-refractivity contribution in [3.63, 3.8) is 0 Å². The molecule has 3 unspecified atom stereocenters. The van der Waals surface area contributed by atoms with E-state index < -0.39 is 11.6 Å². The van der Waals surface area contributed by atoms with Gasteiger partial charge in [0.05, 0.1) is 18.1 Å². The van der Waals surface area contributed by atoms with E-state index in [1.54, 1.807) is 24.4 Å². The normalized spacial score (nSPS) is 24.7. The van der Waals surface area contributed by atoms with Gasteiger partial charge in [0.15, 0.2) is 0 Å². The summed E-state index contributed by atoms with van der Waals surface area (Å²) in [6, 6.07) is 16.0. The van der Waals surface area contributed by atoms with Crippen LogP contribution in [0.4, 0.5) is 14.5 Å². The molecule has 1 N–H and O–H groups in total. The number of ether oxygens (including phenoxy) is 1. The summed E-state index contributed by atoms with van der Waals surface area (Å²) in [5.74, 6) is -1.80. The van der Waals surface area contributed by atoms with Crippen molar-refractivity contribution in [2.45, 2.75) is 31.0 Å². The summed E-state index contributed by atoms with van der Waals surface area (Å²) < 4.78 is 34.7. The molecule has 1 amide bonds. The van der Waals surface area contributed by atoms with Crippen LogP contribution in [0.5, 0.6) is 0 Å². The number of fused-ring (bicyclic) bond motifs is 2. The van der Waals surface area contributed by atoms with Crippen molar-refractivity contribution >= 4 is 11.6 Å². The van der Waals surface area contributed by atoms with Gasteiger partial charge in [0.25, 0.3) is 0 Å². The molecular formula is C24H20F2N2O2. The minimum Gasteiger partial charge on any atom is -0.373 e. The second kappa shape index (κ2) is 7.61. The predicted molar refractivity (Wildman–Crippen MR) is 109 cm³/mol. The third-order valence-electron chi connectivity index (χ3n) is 6.01. The lowest BCUT2D eigenvalue weighted by Crippen LogP contribution is -2.36. The quantitative estimate of drug-likeness (QED) is 0.669. The van der Waals surface area contributed by atoms with Crippen molar-refractivity contribution in [3.05, 3.63) is 84.2 Å². The largest absolute Gasteiger partial charge is 0.373 e. The van der Waals surface area contributed by atoms with Gasteiger partial charge in [-0.2, -0.15) is 0 Å². The Hall–Kier alpha value is -3.12. The molecule has 6 heteroatoms. The maximum atomic E-state index is 14.7. The number of halogens is 2. The molecule has 2 bridgehead atoms. The number of nitrogens with zero attached hydrogens (tertiary/aromatic N) is 1. The summed E-state index contributed by atoms with van der Waals surface area (Å²) in [5.41, 5.74) is 1.51. The minimum atomic E-state index is -0.594. The highest BCUT2D eigenvalue weighted by molar-refractivity contribution is 5.94. The molecule has 2 aromatic carbocycles. The second-order valence-corrected chi connectivity index (χ2v) is 7.76. The summed E-state index contributed by atoms with van der Waals surface area (Å²) in [7, 11) is 0. The molecule has 0 radical (unpaired) electrons. The molecule has 0 aliphatic carbocycles. The number of benzene rings is 2. The topological polar surface area (TPSA) is 51.2 Å². The highest BCUT2D eigenvalue weighted by Crippen LogP contribution is 2.48. The number of hydrogen-bond acceptors (Lipinski definition) is 3. The van der Waals surface area contributed by atoms with Crippen LogP contribution in [0, 0.1) is 17.6 Å². The van der Waals surface area contributed by atoms with Crippen molar-refractivity contribution in [2.75, 3.05) is 5.32 Å². The van der Waals surface area contributed by atoms with E-state index >= 15 is 0 Å². The van der Waals surface area contributed by atoms with Gasteiger partial charge in [-0.25, -0.2) is 8.78 Å². The number of anilines is 1. The molecule has 1 aromatic heterocycles. The first-order chi connectivity index (χ1) is 14.6. The molecule has 5 rings (SSSR count). The van der Waals surface area contributed by atoms with Crippen LogP contribution in [0.15, 0.2) is 66.9 Å². The molecule has 4 nitrogen and oxygen atoms in total. The van der Waals surface area contributed by atoms with Crippen molar-refractivity contribution in [3.8, 4) is 11.1 Å². The molecule has 30 heavy (non-hydrogen) atoms. The lowest BCUT2D eigenvalue weighted by Gasteiger charge is -2.26. The molecule has 2 fully saturated rings. The minimum absolute atomic E-state index is 0.0270. The number of rotatable bonds is 4. The number of nitrogens with one attached hydrogen (secondary N) is 1. The standard InChI is InChI=1S/C24H20F2N2O2/c25-17-6-2-1-5-15(17)16-9-8-14(13-18(16)26)28-24(29)23-21-11-10-20(30-21)22(23)19-7-3-4-12-27-19/h1-9,12-13,20-23H,10-11H2,(H,28,29)/t20?,21?,22?,23-/m0/s1. The zero-order valence-corrected chi connectivity index (χ0v) is 16.1. The van der Waals surface area contributed by atoms with Crippen LogP contribution < -0.4 is 5.32 Å². The molecule has 152 valence electrons. The van der Waals surface area contributed by atoms with Crippen LogP contribution in [-0.2, 0) is 9.53 Å². The molecule has 0 saturated carbocycles. The van der Waals surface area contributed by atoms with Crippen LogP contribution in [0.3, 0.4) is 0 Å². The average Bonchev–Trinajstić information content (AvgIpc) is 3.37. The Kier molecular flexibility index (Phi) is 4.79. The summed E-state index contributed by atoms with van der Waals surface area (Å²) in [4.78, 5) is 17.5. The second-order valence-electron chi connectivity index (χ2n) is 7.76. The number of carbonyl (C=O) groups is 1. The van der Waals surface area contributed by atoms with E-state index in [4.69, 9.17) is 4.74 Å². The van der Waals surface area contributed by atoms with Crippen molar-refractivity contribution in [2.24, 2.45) is 5.92 Å². The summed E-state index contributed by atoms with van der Waals surface area (Å²) in [6.07, 6.45) is 3.26. The van der Waals surface area contributed by atoms with Gasteiger partial charge in [-0.15, -0.1) is 0 Å². The highest BCUT2D eigenvalue weighted by atomic mass is 19.1. The van der Waals surface area contributed by atoms with Crippen LogP contribution in [0.25, 0.3) is 11.1 Å². The van der Waals surface area contributed by atoms with E-state index in [2.05, 4.69) is 10.3 Å². The van der Waals surface area contributed by atoms with Crippen LogP contribution >= 0.6 is 0 Å². The predicted octanol–water partition coefficient (Wildman–Crippen LogP) is 4.93. The third-order valence-corrected chi connectivity index (χ3v) is 6.01. The van der Waals surface area contributed by atoms with Crippen LogP contribution in [0.1, 0.15) is 24.5 Å². The van der Waals surface area contributed by atoms with E-state index in [-0.39, 0.29) is 41.1 Å². The van der Waals surface area contributed by atoms with Crippen molar-refractivity contribution in [1.82, 2.24) is 4.98 Å². The molecular weight excluding hydrogens is 386 g/mol. The van der Waals surface area contributed by atoms with Crippen LogP contribution in [0.2, 0.25) is 0 Å². The van der Waals surface area contributed by atoms with E-state index in [1.807, 2.05) is 18.2 Å². The summed E-state index contributed by atoms with van der Waals surface area (Å²) in [5, 5.41) is 2.82. The maximum absolute atomic E-state index is 14.7. The number of aromatic nitrogens is 1. The van der Waals surface area contributed by atoms with Crippen molar-refractivity contribution < 1.29 is 18.3 Å². The first-order valence-electron chi connectivity index (χ1n) is 10.0. The van der Waals surface area contributed by atoms with Gasteiger partial charge in [-0.05, 0) is 49.2 Å². The fourth-order valence-corrected chi connectivity index (χ4v) is 4.68. The first-order valence-corrected chi connectivity index (χ1v) is 10.0. The van der Waals surface area contributed by atoms with E-state index in [9.17, 15) is 13.6 Å². The average molecular weight is 406 g/mol. The van der Waals surface area contributed by atoms with E-state index in [0.717, 1.165) is 18.5 Å². The van der Waals surface area contributed by atoms with Gasteiger partial charge in [0.2, 0.25) is 5.91 Å². The van der Waals surface area contributed by atoms with E-state index in [0.29, 0.717) is 5.69 Å². The number of amides is 1. The molecule has 4 atom stereocenters. The van der Waals surface area contributed by atoms with Gasteiger partial charge < -0.3 is 10.1 Å². The Bertz CT molecular complexity index is 1090. The molecule has 2 aliphatic heterocycles. The lowest BCUT2D eigenvalue weighted by atomic mass is 9.76. The summed E-state index contributed by atoms with van der Waals surface area (Å²) in [6.45, 7) is 0. The Balaban J connectivity index is 1.39. The van der Waals surface area contributed by atoms with Gasteiger partial charge in [-0.3, -0.25) is 9.78 Å². The number of hydrogen-bond donors (Lipinski definition) is 1. The first kappa shape index (κ1) is 18.9. The molecule has 2 aliphatic rings. The van der Waals surface area contributed by atoms with Gasteiger partial charge in [-0.1, -0.05) is 24.3 Å². The molecule has 3 aromatic rings. The number of carbonyl (C=O) groups excluding carboxylic acids is 1. The SMILES string of the molecule is O=C(Nc1ccc(-c2ccccc2F)c(F)c1)[C@H]1C2CCC(O2)C1c1ccccn1. The van der Waals surface area contributed by atoms with E-state index in [1.165, 1.54) is 24.3 Å². The fraction of sp³-hybridized carbons (Fsp3) is 0.250. The molecule has 0 spiro atoms. The van der Waals surface area contributed by atoms with Gasteiger partial charge in [0, 0.05) is 34.6 Å². The third kappa shape index (κ3) is 3.27. The highest BCUT2D eigenvalue weighted by Gasteiger charge is 2.53. The fourth-order valence-electron chi connectivity index (χ4n) is 4.68.